The van der Waals surface area contributed by atoms with Crippen molar-refractivity contribution in [2.24, 2.45) is 0 Å². The van der Waals surface area contributed by atoms with E-state index in [9.17, 15) is 4.79 Å². The molecule has 2 N–H and O–H groups in total. The third-order valence-electron chi connectivity index (χ3n) is 2.35. The molecule has 0 saturated carbocycles. The second kappa shape index (κ2) is 4.68. The summed E-state index contributed by atoms with van der Waals surface area (Å²) in [6.45, 7) is 2.62. The van der Waals surface area contributed by atoms with Crippen LogP contribution in [0.2, 0.25) is 0 Å². The number of nitrogens with zero attached hydrogens (tertiary/aromatic N) is 2. The van der Waals surface area contributed by atoms with Crippen LogP contribution in [0.1, 0.15) is 6.92 Å². The number of anilines is 2. The minimum atomic E-state index is -0.0388. The van der Waals surface area contributed by atoms with Crippen molar-refractivity contribution in [2.45, 2.75) is 6.92 Å². The lowest BCUT2D eigenvalue weighted by molar-refractivity contribution is 0.219. The highest BCUT2D eigenvalue weighted by molar-refractivity contribution is 5.91. The second-order valence-electron chi connectivity index (χ2n) is 3.45. The molecule has 0 unspecified atom stereocenters. The van der Waals surface area contributed by atoms with Crippen molar-refractivity contribution in [3.05, 3.63) is 24.3 Å². The van der Waals surface area contributed by atoms with E-state index in [4.69, 9.17) is 5.73 Å². The summed E-state index contributed by atoms with van der Waals surface area (Å²) < 4.78 is 0. The third-order valence-corrected chi connectivity index (χ3v) is 2.35. The van der Waals surface area contributed by atoms with Gasteiger partial charge in [-0.25, -0.2) is 4.79 Å². The maximum atomic E-state index is 11.8. The monoisotopic (exact) mass is 207 g/mol. The summed E-state index contributed by atoms with van der Waals surface area (Å²) in [5.74, 6) is 0. The molecule has 0 aliphatic heterocycles. The van der Waals surface area contributed by atoms with Gasteiger partial charge in [-0.2, -0.15) is 0 Å². The van der Waals surface area contributed by atoms with Gasteiger partial charge in [0, 0.05) is 32.0 Å². The van der Waals surface area contributed by atoms with Crippen molar-refractivity contribution < 1.29 is 4.79 Å². The molecule has 0 fully saturated rings. The molecule has 0 spiro atoms. The number of amides is 2. The van der Waals surface area contributed by atoms with Gasteiger partial charge in [0.2, 0.25) is 0 Å². The molecule has 0 bridgehead atoms. The van der Waals surface area contributed by atoms with Gasteiger partial charge in [0.1, 0.15) is 0 Å². The second-order valence-corrected chi connectivity index (χ2v) is 3.45. The van der Waals surface area contributed by atoms with Crippen LogP contribution < -0.4 is 10.6 Å². The number of carbonyl (C=O) groups excluding carboxylic acids is 1. The first-order chi connectivity index (χ1) is 7.06. The number of hydrogen-bond donors (Lipinski definition) is 1. The van der Waals surface area contributed by atoms with E-state index in [1.54, 1.807) is 36.0 Å². The maximum Gasteiger partial charge on any atom is 0.323 e. The van der Waals surface area contributed by atoms with Gasteiger partial charge in [-0.3, -0.25) is 4.90 Å². The Bertz CT molecular complexity index is 351. The van der Waals surface area contributed by atoms with Crippen LogP contribution >= 0.6 is 0 Å². The van der Waals surface area contributed by atoms with E-state index in [0.717, 1.165) is 5.69 Å². The lowest BCUT2D eigenvalue weighted by atomic mass is 10.2. The Balaban J connectivity index is 2.85. The molecule has 0 aliphatic rings. The fourth-order valence-electron chi connectivity index (χ4n) is 1.24. The topological polar surface area (TPSA) is 49.6 Å². The Hall–Kier alpha value is -1.71. The summed E-state index contributed by atoms with van der Waals surface area (Å²) in [6, 6.07) is 7.23. The third kappa shape index (κ3) is 2.62. The van der Waals surface area contributed by atoms with Gasteiger partial charge < -0.3 is 10.6 Å². The average molecular weight is 207 g/mol. The van der Waals surface area contributed by atoms with Gasteiger partial charge in [0.15, 0.2) is 0 Å². The number of rotatable bonds is 2. The van der Waals surface area contributed by atoms with Crippen molar-refractivity contribution in [3.63, 3.8) is 0 Å². The zero-order valence-corrected chi connectivity index (χ0v) is 9.40. The highest BCUT2D eigenvalue weighted by Crippen LogP contribution is 2.16. The van der Waals surface area contributed by atoms with Crippen molar-refractivity contribution >= 4 is 17.4 Å². The number of nitrogen functional groups attached to an aromatic ring is 1. The molecule has 82 valence electrons. The van der Waals surface area contributed by atoms with Crippen LogP contribution in [0.3, 0.4) is 0 Å². The molecule has 0 saturated heterocycles. The summed E-state index contributed by atoms with van der Waals surface area (Å²) >= 11 is 0. The number of carbonyl (C=O) groups is 1. The number of nitrogens with two attached hydrogens (primary N) is 1. The van der Waals surface area contributed by atoms with Gasteiger partial charge in [0.25, 0.3) is 0 Å². The summed E-state index contributed by atoms with van der Waals surface area (Å²) in [5, 5.41) is 0. The predicted octanol–water partition coefficient (Wildman–Crippen LogP) is 1.78. The van der Waals surface area contributed by atoms with Crippen LogP contribution in [0.4, 0.5) is 16.2 Å². The van der Waals surface area contributed by atoms with Gasteiger partial charge in [-0.1, -0.05) is 6.07 Å². The Morgan fingerprint density at radius 2 is 2.07 bits per heavy atom. The van der Waals surface area contributed by atoms with Crippen LogP contribution in [-0.4, -0.2) is 31.6 Å². The first kappa shape index (κ1) is 11.4. The molecule has 0 atom stereocenters. The summed E-state index contributed by atoms with van der Waals surface area (Å²) in [7, 11) is 3.51. The van der Waals surface area contributed by atoms with Crippen LogP contribution in [0, 0.1) is 0 Å². The Morgan fingerprint density at radius 3 is 2.60 bits per heavy atom. The minimum absolute atomic E-state index is 0.0388. The standard InChI is InChI=1S/C11H17N3O/c1-4-13(2)11(15)14(3)10-7-5-6-9(12)8-10/h5-8H,4,12H2,1-3H3. The van der Waals surface area contributed by atoms with E-state index in [1.807, 2.05) is 19.1 Å². The maximum absolute atomic E-state index is 11.8. The van der Waals surface area contributed by atoms with Crippen molar-refractivity contribution in [3.8, 4) is 0 Å². The molecule has 2 amide bonds. The number of urea groups is 1. The molecule has 4 heteroatoms. The number of hydrogen-bond acceptors (Lipinski definition) is 2. The van der Waals surface area contributed by atoms with Crippen molar-refractivity contribution in [1.82, 2.24) is 4.90 Å². The van der Waals surface area contributed by atoms with Crippen molar-refractivity contribution in [2.75, 3.05) is 31.3 Å². The molecule has 4 nitrogen and oxygen atoms in total. The van der Waals surface area contributed by atoms with E-state index in [-0.39, 0.29) is 6.03 Å². The molecular weight excluding hydrogens is 190 g/mol. The fourth-order valence-corrected chi connectivity index (χ4v) is 1.24. The van der Waals surface area contributed by atoms with Crippen LogP contribution in [0.25, 0.3) is 0 Å². The van der Waals surface area contributed by atoms with E-state index in [1.165, 1.54) is 0 Å². The molecule has 0 heterocycles. The van der Waals surface area contributed by atoms with Gasteiger partial charge in [0.05, 0.1) is 0 Å². The van der Waals surface area contributed by atoms with Crippen LogP contribution in [0.5, 0.6) is 0 Å². The SMILES string of the molecule is CCN(C)C(=O)N(C)c1cccc(N)c1. The molecule has 1 aromatic carbocycles. The van der Waals surface area contributed by atoms with E-state index < -0.39 is 0 Å². The summed E-state index contributed by atoms with van der Waals surface area (Å²) in [6.07, 6.45) is 0. The van der Waals surface area contributed by atoms with Gasteiger partial charge >= 0.3 is 6.03 Å². The molecular formula is C11H17N3O. The van der Waals surface area contributed by atoms with Gasteiger partial charge in [-0.05, 0) is 25.1 Å². The highest BCUT2D eigenvalue weighted by Gasteiger charge is 2.13. The van der Waals surface area contributed by atoms with Gasteiger partial charge in [-0.15, -0.1) is 0 Å². The summed E-state index contributed by atoms with van der Waals surface area (Å²) in [4.78, 5) is 15.0. The predicted molar refractivity (Wildman–Crippen MR) is 63.0 cm³/mol. The average Bonchev–Trinajstić information content (AvgIpc) is 2.26. The summed E-state index contributed by atoms with van der Waals surface area (Å²) in [5.41, 5.74) is 7.12. The Labute approximate surface area is 90.3 Å². The van der Waals surface area contributed by atoms with E-state index in [0.29, 0.717) is 12.2 Å². The lowest BCUT2D eigenvalue weighted by Crippen LogP contribution is -2.38. The molecule has 0 aromatic heterocycles. The molecule has 0 radical (unpaired) electrons. The lowest BCUT2D eigenvalue weighted by Gasteiger charge is -2.24. The van der Waals surface area contributed by atoms with Crippen LogP contribution in [0.15, 0.2) is 24.3 Å². The quantitative estimate of drug-likeness (QED) is 0.751. The first-order valence-corrected chi connectivity index (χ1v) is 4.90. The fraction of sp³-hybridized carbons (Fsp3) is 0.364. The number of benzene rings is 1. The zero-order chi connectivity index (χ0) is 11.4. The zero-order valence-electron chi connectivity index (χ0n) is 9.40. The normalized spacial score (nSPS) is 9.80. The van der Waals surface area contributed by atoms with E-state index >= 15 is 0 Å². The first-order valence-electron chi connectivity index (χ1n) is 4.90. The molecule has 15 heavy (non-hydrogen) atoms. The minimum Gasteiger partial charge on any atom is -0.399 e. The largest absolute Gasteiger partial charge is 0.399 e. The Kier molecular flexibility index (Phi) is 3.55. The molecule has 1 rings (SSSR count). The smallest absolute Gasteiger partial charge is 0.323 e. The molecule has 1 aromatic rings. The van der Waals surface area contributed by atoms with Crippen LogP contribution in [-0.2, 0) is 0 Å². The van der Waals surface area contributed by atoms with E-state index in [2.05, 4.69) is 0 Å². The Morgan fingerprint density at radius 1 is 1.40 bits per heavy atom. The van der Waals surface area contributed by atoms with Crippen molar-refractivity contribution in [1.29, 1.82) is 0 Å². The highest BCUT2D eigenvalue weighted by atomic mass is 16.2. The molecule has 0 aliphatic carbocycles.